The van der Waals surface area contributed by atoms with Crippen LogP contribution in [0.3, 0.4) is 0 Å². The van der Waals surface area contributed by atoms with Gasteiger partial charge in [0.2, 0.25) is 0 Å². The Morgan fingerprint density at radius 2 is 2.00 bits per heavy atom. The van der Waals surface area contributed by atoms with Crippen LogP contribution in [0.5, 0.6) is 0 Å². The molecule has 0 saturated carbocycles. The topological polar surface area (TPSA) is 32.4 Å². The SMILES string of the molecule is [O]CC=CCN1CCOCC1. The molecule has 0 bridgehead atoms. The zero-order valence-electron chi connectivity index (χ0n) is 6.66. The Morgan fingerprint density at radius 3 is 2.64 bits per heavy atom. The summed E-state index contributed by atoms with van der Waals surface area (Å²) in [6, 6.07) is 0. The van der Waals surface area contributed by atoms with Crippen LogP contribution in [0.1, 0.15) is 0 Å². The van der Waals surface area contributed by atoms with Crippen molar-refractivity contribution in [1.82, 2.24) is 4.90 Å². The van der Waals surface area contributed by atoms with E-state index >= 15 is 0 Å². The van der Waals surface area contributed by atoms with E-state index in [1.165, 1.54) is 0 Å². The summed E-state index contributed by atoms with van der Waals surface area (Å²) in [4.78, 5) is 2.27. The number of hydrogen-bond donors (Lipinski definition) is 0. The van der Waals surface area contributed by atoms with E-state index in [9.17, 15) is 5.11 Å². The molecule has 1 rings (SSSR count). The van der Waals surface area contributed by atoms with Crippen LogP contribution in [0.2, 0.25) is 0 Å². The molecule has 0 aliphatic carbocycles. The maximum Gasteiger partial charge on any atom is 0.100 e. The summed E-state index contributed by atoms with van der Waals surface area (Å²) in [7, 11) is 0. The minimum absolute atomic E-state index is 0.107. The van der Waals surface area contributed by atoms with Crippen molar-refractivity contribution < 1.29 is 9.84 Å². The second-order valence-electron chi connectivity index (χ2n) is 2.55. The van der Waals surface area contributed by atoms with Crippen LogP contribution in [-0.4, -0.2) is 44.4 Å². The quantitative estimate of drug-likeness (QED) is 0.551. The van der Waals surface area contributed by atoms with Gasteiger partial charge in [-0.05, 0) is 0 Å². The number of rotatable bonds is 3. The molecule has 1 aliphatic rings. The highest BCUT2D eigenvalue weighted by Gasteiger charge is 2.06. The molecular formula is C8H14NO2. The van der Waals surface area contributed by atoms with Crippen LogP contribution < -0.4 is 0 Å². The predicted octanol–water partition coefficient (Wildman–Crippen LogP) is 0.305. The van der Waals surface area contributed by atoms with Crippen molar-refractivity contribution in [2.45, 2.75) is 0 Å². The molecule has 0 spiro atoms. The molecule has 1 radical (unpaired) electrons. The van der Waals surface area contributed by atoms with Gasteiger partial charge in [-0.1, -0.05) is 12.2 Å². The van der Waals surface area contributed by atoms with Gasteiger partial charge in [-0.25, -0.2) is 5.11 Å². The van der Waals surface area contributed by atoms with Gasteiger partial charge in [-0.2, -0.15) is 0 Å². The van der Waals surface area contributed by atoms with E-state index in [4.69, 9.17) is 4.74 Å². The van der Waals surface area contributed by atoms with E-state index in [2.05, 4.69) is 4.90 Å². The Bertz CT molecular complexity index is 119. The Morgan fingerprint density at radius 1 is 1.27 bits per heavy atom. The van der Waals surface area contributed by atoms with Gasteiger partial charge in [-0.15, -0.1) is 0 Å². The zero-order chi connectivity index (χ0) is 7.94. The Balaban J connectivity index is 2.09. The van der Waals surface area contributed by atoms with Crippen molar-refractivity contribution >= 4 is 0 Å². The average Bonchev–Trinajstić information content (AvgIpc) is 2.07. The molecule has 0 aromatic rings. The molecule has 0 aromatic heterocycles. The van der Waals surface area contributed by atoms with Crippen LogP contribution >= 0.6 is 0 Å². The molecule has 3 nitrogen and oxygen atoms in total. The molecule has 1 aliphatic heterocycles. The molecule has 0 unspecified atom stereocenters. The molecule has 1 fully saturated rings. The first-order valence-electron chi connectivity index (χ1n) is 3.96. The van der Waals surface area contributed by atoms with Gasteiger partial charge in [0.1, 0.15) is 6.61 Å². The lowest BCUT2D eigenvalue weighted by molar-refractivity contribution is 0.0433. The van der Waals surface area contributed by atoms with Crippen LogP contribution in [0.4, 0.5) is 0 Å². The largest absolute Gasteiger partial charge is 0.379 e. The molecule has 3 heteroatoms. The Kier molecular flexibility index (Phi) is 4.19. The molecule has 0 aromatic carbocycles. The Labute approximate surface area is 67.3 Å². The summed E-state index contributed by atoms with van der Waals surface area (Å²) < 4.78 is 5.18. The normalized spacial score (nSPS) is 21.2. The maximum absolute atomic E-state index is 10.0. The molecule has 0 amide bonds. The minimum atomic E-state index is -0.107. The summed E-state index contributed by atoms with van der Waals surface area (Å²) in [5, 5.41) is 10.0. The fourth-order valence-electron chi connectivity index (χ4n) is 1.08. The van der Waals surface area contributed by atoms with Crippen molar-refractivity contribution in [3.63, 3.8) is 0 Å². The molecular weight excluding hydrogens is 142 g/mol. The van der Waals surface area contributed by atoms with Crippen molar-refractivity contribution in [3.8, 4) is 0 Å². The predicted molar refractivity (Wildman–Crippen MR) is 42.0 cm³/mol. The van der Waals surface area contributed by atoms with Gasteiger partial charge in [0.05, 0.1) is 13.2 Å². The molecule has 1 saturated heterocycles. The van der Waals surface area contributed by atoms with Crippen molar-refractivity contribution in [2.75, 3.05) is 39.5 Å². The smallest absolute Gasteiger partial charge is 0.100 e. The van der Waals surface area contributed by atoms with Gasteiger partial charge in [0, 0.05) is 19.6 Å². The highest BCUT2D eigenvalue weighted by atomic mass is 16.5. The first kappa shape index (κ1) is 8.71. The lowest BCUT2D eigenvalue weighted by Gasteiger charge is -2.24. The number of morpholine rings is 1. The first-order valence-corrected chi connectivity index (χ1v) is 3.96. The number of ether oxygens (including phenoxy) is 1. The highest BCUT2D eigenvalue weighted by molar-refractivity contribution is 4.84. The third-order valence-electron chi connectivity index (χ3n) is 1.73. The van der Waals surface area contributed by atoms with E-state index < -0.39 is 0 Å². The third-order valence-corrected chi connectivity index (χ3v) is 1.73. The monoisotopic (exact) mass is 156 g/mol. The summed E-state index contributed by atoms with van der Waals surface area (Å²) in [6.07, 6.45) is 3.59. The highest BCUT2D eigenvalue weighted by Crippen LogP contribution is 1.95. The van der Waals surface area contributed by atoms with Gasteiger partial charge in [0.25, 0.3) is 0 Å². The van der Waals surface area contributed by atoms with Gasteiger partial charge >= 0.3 is 0 Å². The van der Waals surface area contributed by atoms with Crippen LogP contribution in [0.15, 0.2) is 12.2 Å². The van der Waals surface area contributed by atoms with Gasteiger partial charge in [-0.3, -0.25) is 4.90 Å². The van der Waals surface area contributed by atoms with E-state index in [1.54, 1.807) is 6.08 Å². The molecule has 0 atom stereocenters. The fraction of sp³-hybridized carbons (Fsp3) is 0.750. The summed E-state index contributed by atoms with van der Waals surface area (Å²) in [5.41, 5.74) is 0. The minimum Gasteiger partial charge on any atom is -0.379 e. The number of hydrogen-bond acceptors (Lipinski definition) is 2. The van der Waals surface area contributed by atoms with Gasteiger partial charge in [0.15, 0.2) is 0 Å². The van der Waals surface area contributed by atoms with Crippen molar-refractivity contribution in [1.29, 1.82) is 0 Å². The standard InChI is InChI=1S/C8H14NO2/c10-6-2-1-3-9-4-7-11-8-5-9/h1-2H,3-8H2. The fourth-order valence-corrected chi connectivity index (χ4v) is 1.08. The van der Waals surface area contributed by atoms with E-state index in [1.807, 2.05) is 6.08 Å². The van der Waals surface area contributed by atoms with Crippen molar-refractivity contribution in [3.05, 3.63) is 12.2 Å². The molecule has 63 valence electrons. The second kappa shape index (κ2) is 5.29. The van der Waals surface area contributed by atoms with Crippen LogP contribution in [0, 0.1) is 0 Å². The van der Waals surface area contributed by atoms with Gasteiger partial charge < -0.3 is 4.74 Å². The maximum atomic E-state index is 10.0. The van der Waals surface area contributed by atoms with E-state index in [0.29, 0.717) is 0 Å². The second-order valence-corrected chi connectivity index (χ2v) is 2.55. The zero-order valence-corrected chi connectivity index (χ0v) is 6.66. The summed E-state index contributed by atoms with van der Waals surface area (Å²) in [5.74, 6) is 0. The van der Waals surface area contributed by atoms with Crippen LogP contribution in [-0.2, 0) is 9.84 Å². The number of nitrogens with zero attached hydrogens (tertiary/aromatic N) is 1. The van der Waals surface area contributed by atoms with Crippen molar-refractivity contribution in [2.24, 2.45) is 0 Å². The average molecular weight is 156 g/mol. The molecule has 11 heavy (non-hydrogen) atoms. The lowest BCUT2D eigenvalue weighted by atomic mass is 10.4. The van der Waals surface area contributed by atoms with E-state index in [-0.39, 0.29) is 6.61 Å². The molecule has 0 N–H and O–H groups in total. The third kappa shape index (κ3) is 3.51. The summed E-state index contributed by atoms with van der Waals surface area (Å²) in [6.45, 7) is 4.42. The lowest BCUT2D eigenvalue weighted by Crippen LogP contribution is -2.36. The van der Waals surface area contributed by atoms with E-state index in [0.717, 1.165) is 32.8 Å². The summed E-state index contributed by atoms with van der Waals surface area (Å²) >= 11 is 0. The first-order chi connectivity index (χ1) is 5.43. The Hall–Kier alpha value is -0.380. The van der Waals surface area contributed by atoms with Crippen LogP contribution in [0.25, 0.3) is 0 Å². The molecule has 1 heterocycles.